The van der Waals surface area contributed by atoms with Gasteiger partial charge in [0.25, 0.3) is 5.91 Å². The number of carbonyl (C=O) groups is 1. The van der Waals surface area contributed by atoms with Crippen LogP contribution in [0.15, 0.2) is 59.7 Å². The van der Waals surface area contributed by atoms with Crippen LogP contribution in [0.25, 0.3) is 10.8 Å². The van der Waals surface area contributed by atoms with Crippen LogP contribution < -0.4 is 5.43 Å². The summed E-state index contributed by atoms with van der Waals surface area (Å²) in [5.41, 5.74) is 3.14. The third kappa shape index (κ3) is 2.63. The Labute approximate surface area is 106 Å². The van der Waals surface area contributed by atoms with Gasteiger partial charge in [-0.15, -0.1) is 0 Å². The summed E-state index contributed by atoms with van der Waals surface area (Å²) in [6, 6.07) is 13.4. The minimum Gasteiger partial charge on any atom is -0.267 e. The normalized spacial score (nSPS) is 11.4. The molecular formula is C15H14N2O. The topological polar surface area (TPSA) is 41.5 Å². The van der Waals surface area contributed by atoms with Gasteiger partial charge in [-0.2, -0.15) is 5.10 Å². The standard InChI is InChI=1S/C15H14N2O/c1-2-3-11-16-17-15(18)14-10-6-8-12-7-4-5-9-13(12)14/h2-11H,1H3,(H,17,18). The van der Waals surface area contributed by atoms with Gasteiger partial charge >= 0.3 is 0 Å². The van der Waals surface area contributed by atoms with Crippen molar-refractivity contribution in [3.05, 3.63) is 60.2 Å². The Morgan fingerprint density at radius 3 is 2.78 bits per heavy atom. The first kappa shape index (κ1) is 12.0. The van der Waals surface area contributed by atoms with E-state index in [0.29, 0.717) is 5.56 Å². The number of rotatable bonds is 3. The molecule has 0 unspecified atom stereocenters. The number of nitrogens with one attached hydrogen (secondary N) is 1. The summed E-state index contributed by atoms with van der Waals surface area (Å²) < 4.78 is 0. The van der Waals surface area contributed by atoms with Crippen LogP contribution in [-0.2, 0) is 0 Å². The van der Waals surface area contributed by atoms with Crippen molar-refractivity contribution in [1.82, 2.24) is 5.43 Å². The molecule has 0 aromatic heterocycles. The first-order valence-corrected chi connectivity index (χ1v) is 5.75. The summed E-state index contributed by atoms with van der Waals surface area (Å²) in [6.07, 6.45) is 5.14. The van der Waals surface area contributed by atoms with Crippen molar-refractivity contribution in [2.45, 2.75) is 6.92 Å². The molecule has 1 N–H and O–H groups in total. The fourth-order valence-corrected chi connectivity index (χ4v) is 1.71. The molecule has 18 heavy (non-hydrogen) atoms. The molecule has 0 saturated heterocycles. The van der Waals surface area contributed by atoms with Crippen LogP contribution in [0.2, 0.25) is 0 Å². The Hall–Kier alpha value is -2.42. The summed E-state index contributed by atoms with van der Waals surface area (Å²) in [6.45, 7) is 1.89. The van der Waals surface area contributed by atoms with E-state index in [1.165, 1.54) is 0 Å². The van der Waals surface area contributed by atoms with Crippen molar-refractivity contribution in [3.8, 4) is 0 Å². The third-order valence-electron chi connectivity index (χ3n) is 2.55. The quantitative estimate of drug-likeness (QED) is 0.647. The molecule has 0 saturated carbocycles. The molecule has 2 aromatic rings. The summed E-state index contributed by atoms with van der Waals surface area (Å²) in [7, 11) is 0. The molecule has 0 bridgehead atoms. The smallest absolute Gasteiger partial charge is 0.267 e. The van der Waals surface area contributed by atoms with Gasteiger partial charge in [-0.25, -0.2) is 5.43 Å². The number of hydrazone groups is 1. The van der Waals surface area contributed by atoms with E-state index in [1.807, 2.05) is 49.4 Å². The number of carbonyl (C=O) groups excluding carboxylic acids is 1. The summed E-state index contributed by atoms with van der Waals surface area (Å²) in [5.74, 6) is -0.201. The van der Waals surface area contributed by atoms with Gasteiger partial charge in [-0.1, -0.05) is 42.5 Å². The van der Waals surface area contributed by atoms with Gasteiger partial charge in [-0.05, 0) is 29.8 Å². The SMILES string of the molecule is CC=CC=NNC(=O)c1cccc2ccccc12. The summed E-state index contributed by atoms with van der Waals surface area (Å²) in [5, 5.41) is 5.81. The maximum absolute atomic E-state index is 12.0. The van der Waals surface area contributed by atoms with Crippen LogP contribution >= 0.6 is 0 Å². The predicted molar refractivity (Wildman–Crippen MR) is 74.7 cm³/mol. The van der Waals surface area contributed by atoms with Crippen molar-refractivity contribution >= 4 is 22.9 Å². The second-order valence-electron chi connectivity index (χ2n) is 3.77. The molecule has 0 heterocycles. The van der Waals surface area contributed by atoms with Crippen LogP contribution in [0.3, 0.4) is 0 Å². The molecule has 3 nitrogen and oxygen atoms in total. The van der Waals surface area contributed by atoms with Crippen LogP contribution in [0.5, 0.6) is 0 Å². The molecule has 0 spiro atoms. The van der Waals surface area contributed by atoms with E-state index in [0.717, 1.165) is 10.8 Å². The van der Waals surface area contributed by atoms with Gasteiger partial charge in [0, 0.05) is 11.8 Å². The van der Waals surface area contributed by atoms with Crippen LogP contribution in [0, 0.1) is 0 Å². The van der Waals surface area contributed by atoms with Crippen LogP contribution in [0.1, 0.15) is 17.3 Å². The van der Waals surface area contributed by atoms with Crippen LogP contribution in [0.4, 0.5) is 0 Å². The van der Waals surface area contributed by atoms with E-state index in [4.69, 9.17) is 0 Å². The number of benzene rings is 2. The third-order valence-corrected chi connectivity index (χ3v) is 2.55. The Morgan fingerprint density at radius 2 is 1.94 bits per heavy atom. The second kappa shape index (κ2) is 5.77. The van der Waals surface area contributed by atoms with Gasteiger partial charge in [-0.3, -0.25) is 4.79 Å². The molecule has 0 fully saturated rings. The molecule has 0 atom stereocenters. The highest BCUT2D eigenvalue weighted by Gasteiger charge is 2.07. The van der Waals surface area contributed by atoms with E-state index in [2.05, 4.69) is 10.5 Å². The molecule has 0 aliphatic heterocycles. The van der Waals surface area contributed by atoms with Crippen molar-refractivity contribution in [2.24, 2.45) is 5.10 Å². The molecule has 0 aliphatic rings. The molecule has 0 radical (unpaired) electrons. The van der Waals surface area contributed by atoms with E-state index in [9.17, 15) is 4.79 Å². The fraction of sp³-hybridized carbons (Fsp3) is 0.0667. The first-order valence-electron chi connectivity index (χ1n) is 5.75. The first-order chi connectivity index (χ1) is 8.83. The fourth-order valence-electron chi connectivity index (χ4n) is 1.71. The highest BCUT2D eigenvalue weighted by molar-refractivity contribution is 6.07. The monoisotopic (exact) mass is 238 g/mol. The number of hydrogen-bond acceptors (Lipinski definition) is 2. The molecular weight excluding hydrogens is 224 g/mol. The van der Waals surface area contributed by atoms with E-state index >= 15 is 0 Å². The Bertz CT molecular complexity index is 609. The van der Waals surface area contributed by atoms with E-state index in [1.54, 1.807) is 18.4 Å². The van der Waals surface area contributed by atoms with Gasteiger partial charge in [0.05, 0.1) is 0 Å². The summed E-state index contributed by atoms with van der Waals surface area (Å²) >= 11 is 0. The Morgan fingerprint density at radius 1 is 1.17 bits per heavy atom. The highest BCUT2D eigenvalue weighted by Crippen LogP contribution is 2.18. The zero-order valence-electron chi connectivity index (χ0n) is 10.1. The molecule has 0 aliphatic carbocycles. The molecule has 1 amide bonds. The largest absolute Gasteiger partial charge is 0.271 e. The summed E-state index contributed by atoms with van der Waals surface area (Å²) in [4.78, 5) is 12.0. The van der Waals surface area contributed by atoms with Crippen molar-refractivity contribution in [1.29, 1.82) is 0 Å². The van der Waals surface area contributed by atoms with Crippen molar-refractivity contribution < 1.29 is 4.79 Å². The Balaban J connectivity index is 2.28. The zero-order valence-corrected chi connectivity index (χ0v) is 10.1. The highest BCUT2D eigenvalue weighted by atomic mass is 16.2. The van der Waals surface area contributed by atoms with Crippen LogP contribution in [-0.4, -0.2) is 12.1 Å². The molecule has 90 valence electrons. The average Bonchev–Trinajstić information content (AvgIpc) is 2.43. The number of nitrogens with zero attached hydrogens (tertiary/aromatic N) is 1. The molecule has 2 rings (SSSR count). The van der Waals surface area contributed by atoms with E-state index < -0.39 is 0 Å². The lowest BCUT2D eigenvalue weighted by atomic mass is 10.0. The predicted octanol–water partition coefficient (Wildman–Crippen LogP) is 3.13. The van der Waals surface area contributed by atoms with Crippen molar-refractivity contribution in [2.75, 3.05) is 0 Å². The zero-order chi connectivity index (χ0) is 12.8. The minimum absolute atomic E-state index is 0.201. The number of amides is 1. The van der Waals surface area contributed by atoms with Gasteiger partial charge in [0.1, 0.15) is 0 Å². The van der Waals surface area contributed by atoms with Gasteiger partial charge < -0.3 is 0 Å². The van der Waals surface area contributed by atoms with E-state index in [-0.39, 0.29) is 5.91 Å². The average molecular weight is 238 g/mol. The lowest BCUT2D eigenvalue weighted by Gasteiger charge is -2.04. The number of hydrogen-bond donors (Lipinski definition) is 1. The van der Waals surface area contributed by atoms with Gasteiger partial charge in [0.15, 0.2) is 0 Å². The maximum Gasteiger partial charge on any atom is 0.271 e. The molecule has 2 aromatic carbocycles. The second-order valence-corrected chi connectivity index (χ2v) is 3.77. The Kier molecular flexibility index (Phi) is 3.86. The lowest BCUT2D eigenvalue weighted by Crippen LogP contribution is -2.17. The number of allylic oxidation sites excluding steroid dienone is 2. The minimum atomic E-state index is -0.201. The van der Waals surface area contributed by atoms with Gasteiger partial charge in [0.2, 0.25) is 0 Å². The maximum atomic E-state index is 12.0. The number of fused-ring (bicyclic) bond motifs is 1. The molecule has 3 heteroatoms. The lowest BCUT2D eigenvalue weighted by molar-refractivity contribution is 0.0957. The van der Waals surface area contributed by atoms with Crippen molar-refractivity contribution in [3.63, 3.8) is 0 Å².